The Labute approximate surface area is 78.2 Å². The molecule has 1 aromatic heterocycles. The van der Waals surface area contributed by atoms with Crippen LogP contribution in [0, 0.1) is 18.6 Å². The zero-order valence-electron chi connectivity index (χ0n) is 6.90. The molecule has 0 aliphatic heterocycles. The molecule has 1 N–H and O–H groups in total. The van der Waals surface area contributed by atoms with Crippen LogP contribution < -0.4 is 0 Å². The molecule has 1 aromatic carbocycles. The normalized spacial score (nSPS) is 10.7. The Morgan fingerprint density at radius 2 is 1.77 bits per heavy atom. The molecule has 0 fully saturated rings. The molecule has 0 aliphatic carbocycles. The fourth-order valence-corrected chi connectivity index (χ4v) is 1.54. The van der Waals surface area contributed by atoms with Crippen LogP contribution in [0.2, 0.25) is 0 Å². The molecule has 0 saturated carbocycles. The van der Waals surface area contributed by atoms with Gasteiger partial charge in [0, 0.05) is 16.5 Å². The smallest absolute Gasteiger partial charge is 0.129 e. The lowest BCUT2D eigenvalue weighted by molar-refractivity contribution is 0.569. The third-order valence-corrected chi connectivity index (χ3v) is 2.63. The molecule has 0 saturated heterocycles. The molecule has 2 rings (SSSR count). The van der Waals surface area contributed by atoms with Gasteiger partial charge in [0.2, 0.25) is 0 Å². The number of nitrogens with one attached hydrogen (secondary N) is 1. The first-order chi connectivity index (χ1) is 6.18. The number of benzene rings is 1. The zero-order valence-corrected chi connectivity index (χ0v) is 7.71. The van der Waals surface area contributed by atoms with Gasteiger partial charge in [-0.05, 0) is 19.1 Å². The van der Waals surface area contributed by atoms with Crippen LogP contribution in [0.25, 0.3) is 11.3 Å². The summed E-state index contributed by atoms with van der Waals surface area (Å²) in [5, 5.41) is 1.81. The lowest BCUT2D eigenvalue weighted by Gasteiger charge is -2.06. The summed E-state index contributed by atoms with van der Waals surface area (Å²) < 4.78 is 29.0. The minimum Gasteiger partial charge on any atom is -0.310 e. The third-order valence-electron chi connectivity index (χ3n) is 1.94. The molecule has 1 nitrogen and oxygen atoms in total. The van der Waals surface area contributed by atoms with Crippen LogP contribution in [0.1, 0.15) is 5.56 Å². The van der Waals surface area contributed by atoms with Gasteiger partial charge in [0.05, 0.1) is 5.69 Å². The molecule has 0 radical (unpaired) electrons. The fraction of sp³-hybridized carbons (Fsp3) is 0.111. The third kappa shape index (κ3) is 1.37. The van der Waals surface area contributed by atoms with Gasteiger partial charge in [-0.2, -0.15) is 0 Å². The SMILES string of the molecule is Cc1c(F)cc(-c2cs[nH]2)cc1F. The maximum Gasteiger partial charge on any atom is 0.129 e. The summed E-state index contributed by atoms with van der Waals surface area (Å²) in [5.41, 5.74) is 1.39. The van der Waals surface area contributed by atoms with Gasteiger partial charge in [-0.1, -0.05) is 11.5 Å². The first kappa shape index (κ1) is 8.44. The molecule has 1 heterocycles. The summed E-state index contributed by atoms with van der Waals surface area (Å²) in [6.45, 7) is 1.42. The average Bonchev–Trinajstić information content (AvgIpc) is 1.96. The summed E-state index contributed by atoms with van der Waals surface area (Å²) in [6.07, 6.45) is 0. The van der Waals surface area contributed by atoms with Gasteiger partial charge in [-0.3, -0.25) is 0 Å². The molecule has 2 aromatic rings. The van der Waals surface area contributed by atoms with Crippen LogP contribution in [-0.2, 0) is 0 Å². The standard InChI is InChI=1S/C9H7F2NS/c1-5-7(10)2-6(3-8(5)11)9-4-13-12-9/h2-4,12H,1H3. The van der Waals surface area contributed by atoms with Crippen molar-refractivity contribution in [3.8, 4) is 11.3 Å². The van der Waals surface area contributed by atoms with E-state index < -0.39 is 11.6 Å². The van der Waals surface area contributed by atoms with Crippen molar-refractivity contribution in [3.05, 3.63) is 34.7 Å². The second kappa shape index (κ2) is 2.96. The predicted molar refractivity (Wildman–Crippen MR) is 48.8 cm³/mol. The van der Waals surface area contributed by atoms with E-state index in [2.05, 4.69) is 4.37 Å². The van der Waals surface area contributed by atoms with Crippen molar-refractivity contribution in [2.75, 3.05) is 0 Å². The summed E-state index contributed by atoms with van der Waals surface area (Å²) in [4.78, 5) is 0. The van der Waals surface area contributed by atoms with Crippen LogP contribution in [0.3, 0.4) is 0 Å². The molecule has 0 unspecified atom stereocenters. The van der Waals surface area contributed by atoms with Crippen LogP contribution in [0.4, 0.5) is 8.78 Å². The van der Waals surface area contributed by atoms with Crippen molar-refractivity contribution in [1.82, 2.24) is 4.37 Å². The quantitative estimate of drug-likeness (QED) is 0.725. The van der Waals surface area contributed by atoms with Gasteiger partial charge >= 0.3 is 0 Å². The van der Waals surface area contributed by atoms with Crippen molar-refractivity contribution in [2.45, 2.75) is 6.92 Å². The molecule has 0 spiro atoms. The van der Waals surface area contributed by atoms with E-state index >= 15 is 0 Å². The monoisotopic (exact) mass is 199 g/mol. The Kier molecular flexibility index (Phi) is 1.92. The van der Waals surface area contributed by atoms with Crippen molar-refractivity contribution in [3.63, 3.8) is 0 Å². The molecule has 0 bridgehead atoms. The van der Waals surface area contributed by atoms with E-state index in [0.29, 0.717) is 5.56 Å². The van der Waals surface area contributed by atoms with Crippen molar-refractivity contribution >= 4 is 11.5 Å². The molecule has 0 atom stereocenters. The molecule has 0 amide bonds. The van der Waals surface area contributed by atoms with Gasteiger partial charge in [-0.15, -0.1) is 0 Å². The number of halogens is 2. The largest absolute Gasteiger partial charge is 0.310 e. The van der Waals surface area contributed by atoms with Crippen LogP contribution in [0.15, 0.2) is 17.5 Å². The van der Waals surface area contributed by atoms with Crippen LogP contribution in [0.5, 0.6) is 0 Å². The lowest BCUT2D eigenvalue weighted by atomic mass is 10.1. The average molecular weight is 199 g/mol. The Hall–Kier alpha value is -1.16. The van der Waals surface area contributed by atoms with Gasteiger partial charge in [-0.25, -0.2) is 8.78 Å². The van der Waals surface area contributed by atoms with E-state index in [1.807, 2.05) is 5.38 Å². The Bertz CT molecular complexity index is 398. The molecule has 68 valence electrons. The first-order valence-electron chi connectivity index (χ1n) is 3.76. The van der Waals surface area contributed by atoms with Crippen LogP contribution >= 0.6 is 11.5 Å². The minimum atomic E-state index is -0.505. The lowest BCUT2D eigenvalue weighted by Crippen LogP contribution is -1.91. The van der Waals surface area contributed by atoms with Gasteiger partial charge in [0.1, 0.15) is 11.6 Å². The first-order valence-corrected chi connectivity index (χ1v) is 4.64. The highest BCUT2D eigenvalue weighted by Gasteiger charge is 2.09. The van der Waals surface area contributed by atoms with E-state index in [9.17, 15) is 8.78 Å². The molecule has 13 heavy (non-hydrogen) atoms. The van der Waals surface area contributed by atoms with Crippen molar-refractivity contribution in [1.29, 1.82) is 0 Å². The van der Waals surface area contributed by atoms with E-state index in [-0.39, 0.29) is 5.56 Å². The Morgan fingerprint density at radius 1 is 1.23 bits per heavy atom. The number of hydrogen-bond donors (Lipinski definition) is 1. The number of aromatic amines is 1. The summed E-state index contributed by atoms with van der Waals surface area (Å²) >= 11 is 1.40. The molecular weight excluding hydrogens is 192 g/mol. The van der Waals surface area contributed by atoms with Crippen molar-refractivity contribution in [2.24, 2.45) is 0 Å². The highest BCUT2D eigenvalue weighted by molar-refractivity contribution is 7.05. The second-order valence-corrected chi connectivity index (χ2v) is 3.49. The second-order valence-electron chi connectivity index (χ2n) is 2.82. The molecular formula is C9H7F2NS. The number of hydrogen-bond acceptors (Lipinski definition) is 1. The maximum atomic E-state index is 13.1. The minimum absolute atomic E-state index is 0.0660. The van der Waals surface area contributed by atoms with Crippen LogP contribution in [-0.4, -0.2) is 4.37 Å². The van der Waals surface area contributed by atoms with E-state index in [1.54, 1.807) is 0 Å². The Balaban J connectivity index is 2.54. The summed E-state index contributed by atoms with van der Waals surface area (Å²) in [7, 11) is 0. The molecule has 4 heteroatoms. The van der Waals surface area contributed by atoms with E-state index in [1.165, 1.54) is 30.6 Å². The zero-order chi connectivity index (χ0) is 9.42. The van der Waals surface area contributed by atoms with Gasteiger partial charge in [0.15, 0.2) is 0 Å². The topological polar surface area (TPSA) is 15.8 Å². The highest BCUT2D eigenvalue weighted by Crippen LogP contribution is 2.24. The molecule has 0 aliphatic rings. The Morgan fingerprint density at radius 3 is 2.15 bits per heavy atom. The van der Waals surface area contributed by atoms with Crippen molar-refractivity contribution < 1.29 is 8.78 Å². The predicted octanol–water partition coefficient (Wildman–Crippen LogP) is 3.33. The van der Waals surface area contributed by atoms with E-state index in [4.69, 9.17) is 0 Å². The summed E-state index contributed by atoms with van der Waals surface area (Å²) in [5.74, 6) is -1.01. The summed E-state index contributed by atoms with van der Waals surface area (Å²) in [6, 6.07) is 2.66. The maximum absolute atomic E-state index is 13.1. The van der Waals surface area contributed by atoms with Gasteiger partial charge in [0.25, 0.3) is 0 Å². The van der Waals surface area contributed by atoms with Gasteiger partial charge < -0.3 is 4.37 Å². The number of aromatic nitrogens is 1. The number of rotatable bonds is 1. The highest BCUT2D eigenvalue weighted by atomic mass is 32.1. The van der Waals surface area contributed by atoms with E-state index in [0.717, 1.165) is 5.69 Å². The fourth-order valence-electron chi connectivity index (χ4n) is 1.05. The number of H-pyrrole nitrogens is 1.